The monoisotopic (exact) mass is 282 g/mol. The second kappa shape index (κ2) is 6.14. The first-order valence-electron chi connectivity index (χ1n) is 6.39. The summed E-state index contributed by atoms with van der Waals surface area (Å²) in [6.07, 6.45) is 1.89. The second-order valence-electron chi connectivity index (χ2n) is 4.50. The van der Waals surface area contributed by atoms with Crippen LogP contribution in [0.25, 0.3) is 0 Å². The molecule has 0 aromatic carbocycles. The predicted molar refractivity (Wildman–Crippen MR) is 74.5 cm³/mol. The largest absolute Gasteiger partial charge is 0.481 e. The molecule has 6 heteroatoms. The molecule has 1 atom stereocenters. The van der Waals surface area contributed by atoms with Crippen molar-refractivity contribution in [1.29, 1.82) is 0 Å². The summed E-state index contributed by atoms with van der Waals surface area (Å²) >= 11 is 1.71. The van der Waals surface area contributed by atoms with E-state index in [0.29, 0.717) is 18.0 Å². The number of rotatable bonds is 4. The van der Waals surface area contributed by atoms with E-state index in [1.165, 1.54) is 0 Å². The van der Waals surface area contributed by atoms with Crippen LogP contribution in [0.4, 0.5) is 0 Å². The highest BCUT2D eigenvalue weighted by atomic mass is 32.2. The fourth-order valence-corrected chi connectivity index (χ4v) is 3.39. The van der Waals surface area contributed by atoms with Crippen molar-refractivity contribution in [2.75, 3.05) is 18.1 Å². The Morgan fingerprint density at radius 3 is 3.00 bits per heavy atom. The first-order chi connectivity index (χ1) is 9.13. The number of aryl methyl sites for hydroxylation is 1. The molecule has 5 nitrogen and oxygen atoms in total. The second-order valence-corrected chi connectivity index (χ2v) is 5.65. The molecule has 1 aliphatic rings. The van der Waals surface area contributed by atoms with Crippen molar-refractivity contribution in [2.24, 2.45) is 0 Å². The number of hydrogen-bond acceptors (Lipinski definition) is 3. The van der Waals surface area contributed by atoms with Gasteiger partial charge in [0, 0.05) is 30.8 Å². The quantitative estimate of drug-likeness (QED) is 0.910. The van der Waals surface area contributed by atoms with Gasteiger partial charge in [-0.1, -0.05) is 0 Å². The summed E-state index contributed by atoms with van der Waals surface area (Å²) in [6.45, 7) is 3.34. The lowest BCUT2D eigenvalue weighted by molar-refractivity contribution is -0.138. The van der Waals surface area contributed by atoms with Gasteiger partial charge >= 0.3 is 5.97 Å². The lowest BCUT2D eigenvalue weighted by Crippen LogP contribution is -2.47. The number of hydrogen-bond donors (Lipinski definition) is 1. The van der Waals surface area contributed by atoms with Crippen LogP contribution in [-0.2, 0) is 11.3 Å². The molecular formula is C13H18N2O3S. The van der Waals surface area contributed by atoms with Crippen molar-refractivity contribution >= 4 is 23.6 Å². The van der Waals surface area contributed by atoms with Crippen LogP contribution in [0.5, 0.6) is 0 Å². The third kappa shape index (κ3) is 3.12. The zero-order valence-corrected chi connectivity index (χ0v) is 11.7. The minimum atomic E-state index is -0.851. The van der Waals surface area contributed by atoms with Crippen LogP contribution >= 0.6 is 11.8 Å². The Hall–Kier alpha value is -1.43. The minimum Gasteiger partial charge on any atom is -0.481 e. The topological polar surface area (TPSA) is 62.5 Å². The summed E-state index contributed by atoms with van der Waals surface area (Å²) in [5.41, 5.74) is 0.643. The van der Waals surface area contributed by atoms with Gasteiger partial charge in [0.2, 0.25) is 0 Å². The van der Waals surface area contributed by atoms with Crippen LogP contribution in [0.1, 0.15) is 23.8 Å². The molecule has 0 radical (unpaired) electrons. The Balaban J connectivity index is 2.17. The Morgan fingerprint density at radius 2 is 2.32 bits per heavy atom. The predicted octanol–water partition coefficient (Wildman–Crippen LogP) is 1.54. The molecule has 19 heavy (non-hydrogen) atoms. The molecule has 0 saturated carbocycles. The van der Waals surface area contributed by atoms with Gasteiger partial charge in [0.1, 0.15) is 5.69 Å². The van der Waals surface area contributed by atoms with Crippen LogP contribution in [-0.4, -0.2) is 50.5 Å². The summed E-state index contributed by atoms with van der Waals surface area (Å²) < 4.78 is 1.89. The van der Waals surface area contributed by atoms with Gasteiger partial charge in [0.15, 0.2) is 0 Å². The highest BCUT2D eigenvalue weighted by Gasteiger charge is 2.30. The maximum Gasteiger partial charge on any atom is 0.305 e. The van der Waals surface area contributed by atoms with Crippen molar-refractivity contribution in [1.82, 2.24) is 9.47 Å². The molecule has 1 amide bonds. The molecule has 0 aliphatic carbocycles. The molecule has 2 heterocycles. The summed E-state index contributed by atoms with van der Waals surface area (Å²) in [6, 6.07) is 3.44. The maximum absolute atomic E-state index is 12.5. The lowest BCUT2D eigenvalue weighted by atomic mass is 10.2. The summed E-state index contributed by atoms with van der Waals surface area (Å²) in [5.74, 6) is 0.661. The molecule has 104 valence electrons. The number of carboxylic acids is 1. The Kier molecular flexibility index (Phi) is 4.52. The van der Waals surface area contributed by atoms with Crippen LogP contribution in [0.3, 0.4) is 0 Å². The van der Waals surface area contributed by atoms with Crippen molar-refractivity contribution in [3.05, 3.63) is 24.0 Å². The van der Waals surface area contributed by atoms with Crippen molar-refractivity contribution in [2.45, 2.75) is 25.9 Å². The number of aromatic nitrogens is 1. The van der Waals surface area contributed by atoms with Gasteiger partial charge in [-0.3, -0.25) is 9.59 Å². The number of carboxylic acid groups (broad SMARTS) is 1. The van der Waals surface area contributed by atoms with Gasteiger partial charge < -0.3 is 14.6 Å². The zero-order chi connectivity index (χ0) is 13.8. The molecule has 1 fully saturated rings. The average molecular weight is 282 g/mol. The van der Waals surface area contributed by atoms with E-state index < -0.39 is 5.97 Å². The standard InChI is InChI=1S/C13H18N2O3S/c1-2-14-5-3-4-11(14)13(18)15-6-7-19-9-10(15)8-12(16)17/h3-5,10H,2,6-9H2,1H3,(H,16,17). The highest BCUT2D eigenvalue weighted by Crippen LogP contribution is 2.21. The molecule has 1 aliphatic heterocycles. The van der Waals surface area contributed by atoms with Crippen LogP contribution in [0.15, 0.2) is 18.3 Å². The molecule has 0 spiro atoms. The first-order valence-corrected chi connectivity index (χ1v) is 7.54. The van der Waals surface area contributed by atoms with Crippen molar-refractivity contribution in [3.63, 3.8) is 0 Å². The fraction of sp³-hybridized carbons (Fsp3) is 0.538. The summed E-state index contributed by atoms with van der Waals surface area (Å²) in [4.78, 5) is 25.1. The number of thioether (sulfide) groups is 1. The summed E-state index contributed by atoms with van der Waals surface area (Å²) in [7, 11) is 0. The van der Waals surface area contributed by atoms with Crippen LogP contribution in [0.2, 0.25) is 0 Å². The molecule has 0 bridgehead atoms. The van der Waals surface area contributed by atoms with E-state index in [-0.39, 0.29) is 18.4 Å². The minimum absolute atomic E-state index is 0.0194. The van der Waals surface area contributed by atoms with Crippen LogP contribution < -0.4 is 0 Å². The molecule has 1 aromatic heterocycles. The number of carbonyl (C=O) groups excluding carboxylic acids is 1. The molecule has 1 saturated heterocycles. The van der Waals surface area contributed by atoms with Crippen molar-refractivity contribution < 1.29 is 14.7 Å². The molecule has 1 N–H and O–H groups in total. The normalized spacial score (nSPS) is 19.4. The number of amides is 1. The molecular weight excluding hydrogens is 264 g/mol. The Morgan fingerprint density at radius 1 is 1.53 bits per heavy atom. The molecule has 1 unspecified atom stereocenters. The first kappa shape index (κ1) is 14.0. The van der Waals surface area contributed by atoms with E-state index in [0.717, 1.165) is 12.3 Å². The summed E-state index contributed by atoms with van der Waals surface area (Å²) in [5, 5.41) is 8.94. The molecule has 1 aromatic rings. The number of carbonyl (C=O) groups is 2. The third-order valence-corrected chi connectivity index (χ3v) is 4.38. The highest BCUT2D eigenvalue weighted by molar-refractivity contribution is 7.99. The van der Waals surface area contributed by atoms with E-state index in [1.54, 1.807) is 22.7 Å². The average Bonchev–Trinajstić information content (AvgIpc) is 2.86. The van der Waals surface area contributed by atoms with E-state index in [1.807, 2.05) is 23.8 Å². The van der Waals surface area contributed by atoms with Crippen LogP contribution in [0, 0.1) is 0 Å². The van der Waals surface area contributed by atoms with Crippen molar-refractivity contribution in [3.8, 4) is 0 Å². The SMILES string of the molecule is CCn1cccc1C(=O)N1CCSCC1CC(=O)O. The van der Waals surface area contributed by atoms with Gasteiger partial charge in [-0.05, 0) is 19.1 Å². The van der Waals surface area contributed by atoms with E-state index in [2.05, 4.69) is 0 Å². The smallest absolute Gasteiger partial charge is 0.305 e. The fourth-order valence-electron chi connectivity index (χ4n) is 2.32. The zero-order valence-electron chi connectivity index (χ0n) is 10.9. The van der Waals surface area contributed by atoms with E-state index in [9.17, 15) is 9.59 Å². The Bertz CT molecular complexity index is 472. The molecule has 2 rings (SSSR count). The number of nitrogens with zero attached hydrogens (tertiary/aromatic N) is 2. The van der Waals surface area contributed by atoms with E-state index >= 15 is 0 Å². The Labute approximate surface area is 116 Å². The van der Waals surface area contributed by atoms with E-state index in [4.69, 9.17) is 5.11 Å². The van der Waals surface area contributed by atoms with Gasteiger partial charge in [-0.15, -0.1) is 0 Å². The van der Waals surface area contributed by atoms with Gasteiger partial charge in [0.05, 0.1) is 12.5 Å². The van der Waals surface area contributed by atoms with Gasteiger partial charge in [0.25, 0.3) is 5.91 Å². The number of aliphatic carboxylic acids is 1. The maximum atomic E-state index is 12.5. The lowest BCUT2D eigenvalue weighted by Gasteiger charge is -2.34. The van der Waals surface area contributed by atoms with Gasteiger partial charge in [-0.25, -0.2) is 0 Å². The van der Waals surface area contributed by atoms with Gasteiger partial charge in [-0.2, -0.15) is 11.8 Å². The third-order valence-electron chi connectivity index (χ3n) is 3.29.